The second kappa shape index (κ2) is 9.54. The molecule has 1 aliphatic heterocycles. The molecule has 1 aliphatic rings. The minimum Gasteiger partial charge on any atom is -0.494 e. The van der Waals surface area contributed by atoms with E-state index in [1.165, 1.54) is 4.88 Å². The van der Waals surface area contributed by atoms with Crippen LogP contribution in [-0.4, -0.2) is 37.0 Å². The van der Waals surface area contributed by atoms with Gasteiger partial charge in [-0.05, 0) is 62.0 Å². The van der Waals surface area contributed by atoms with Gasteiger partial charge in [0.25, 0.3) is 0 Å². The van der Waals surface area contributed by atoms with Gasteiger partial charge in [0.1, 0.15) is 5.75 Å². The van der Waals surface area contributed by atoms with E-state index in [1.807, 2.05) is 31.2 Å². The highest BCUT2D eigenvalue weighted by molar-refractivity contribution is 7.10. The van der Waals surface area contributed by atoms with Crippen LogP contribution in [0.2, 0.25) is 0 Å². The fraction of sp³-hybridized carbons (Fsp3) is 0.429. The number of hydrogen-bond donors (Lipinski definition) is 0. The minimum absolute atomic E-state index is 0.0397. The number of nitriles is 1. The van der Waals surface area contributed by atoms with Crippen molar-refractivity contribution in [1.29, 1.82) is 5.26 Å². The van der Waals surface area contributed by atoms with Crippen LogP contribution in [0.15, 0.2) is 41.8 Å². The van der Waals surface area contributed by atoms with E-state index in [2.05, 4.69) is 28.5 Å². The van der Waals surface area contributed by atoms with Crippen molar-refractivity contribution in [3.8, 4) is 11.8 Å². The topological polar surface area (TPSA) is 56.6 Å². The highest BCUT2D eigenvalue weighted by Crippen LogP contribution is 2.34. The van der Waals surface area contributed by atoms with Gasteiger partial charge in [-0.1, -0.05) is 6.07 Å². The van der Waals surface area contributed by atoms with Crippen LogP contribution in [-0.2, 0) is 4.79 Å². The van der Waals surface area contributed by atoms with Gasteiger partial charge in [0.2, 0.25) is 5.91 Å². The highest BCUT2D eigenvalue weighted by atomic mass is 32.1. The van der Waals surface area contributed by atoms with Crippen molar-refractivity contribution >= 4 is 22.9 Å². The molecule has 0 N–H and O–H groups in total. The van der Waals surface area contributed by atoms with Crippen molar-refractivity contribution in [3.63, 3.8) is 0 Å². The van der Waals surface area contributed by atoms with Crippen LogP contribution >= 0.6 is 11.3 Å². The number of thiophene rings is 1. The molecule has 3 rings (SSSR count). The number of carbonyl (C=O) groups is 1. The fourth-order valence-corrected chi connectivity index (χ4v) is 4.42. The SMILES string of the molecule is CCOc1ccc(N(CCC#N)C(=O)CN2CCCC2c2cccs2)cc1. The van der Waals surface area contributed by atoms with Crippen LogP contribution in [0.4, 0.5) is 5.69 Å². The Labute approximate surface area is 164 Å². The van der Waals surface area contributed by atoms with Gasteiger partial charge in [0.15, 0.2) is 0 Å². The Morgan fingerprint density at radius 1 is 1.37 bits per heavy atom. The molecule has 1 fully saturated rings. The summed E-state index contributed by atoms with van der Waals surface area (Å²) in [6.45, 7) is 4.26. The molecule has 1 saturated heterocycles. The Balaban J connectivity index is 1.72. The number of amides is 1. The van der Waals surface area contributed by atoms with Crippen molar-refractivity contribution in [3.05, 3.63) is 46.7 Å². The smallest absolute Gasteiger partial charge is 0.241 e. The number of anilines is 1. The summed E-state index contributed by atoms with van der Waals surface area (Å²) in [5, 5.41) is 11.1. The van der Waals surface area contributed by atoms with E-state index in [0.29, 0.717) is 32.2 Å². The monoisotopic (exact) mass is 383 g/mol. The molecule has 1 atom stereocenters. The lowest BCUT2D eigenvalue weighted by Gasteiger charge is -2.28. The van der Waals surface area contributed by atoms with Gasteiger partial charge in [-0.2, -0.15) is 5.26 Å². The summed E-state index contributed by atoms with van der Waals surface area (Å²) in [6, 6.07) is 14.2. The normalized spacial score (nSPS) is 16.8. The van der Waals surface area contributed by atoms with Gasteiger partial charge in [-0.3, -0.25) is 9.69 Å². The molecule has 0 spiro atoms. The molecule has 2 heterocycles. The molecule has 0 aliphatic carbocycles. The van der Waals surface area contributed by atoms with Crippen LogP contribution in [0.3, 0.4) is 0 Å². The maximum Gasteiger partial charge on any atom is 0.241 e. The van der Waals surface area contributed by atoms with Crippen LogP contribution in [0.1, 0.15) is 37.1 Å². The zero-order chi connectivity index (χ0) is 19.1. The summed E-state index contributed by atoms with van der Waals surface area (Å²) in [4.78, 5) is 18.4. The van der Waals surface area contributed by atoms with Crippen molar-refractivity contribution < 1.29 is 9.53 Å². The Hall–Kier alpha value is -2.36. The lowest BCUT2D eigenvalue weighted by atomic mass is 10.2. The van der Waals surface area contributed by atoms with Crippen LogP contribution in [0.25, 0.3) is 0 Å². The van der Waals surface area contributed by atoms with Crippen LogP contribution in [0, 0.1) is 11.3 Å². The van der Waals surface area contributed by atoms with Crippen molar-refractivity contribution in [2.45, 2.75) is 32.2 Å². The predicted octanol–water partition coefficient (Wildman–Crippen LogP) is 4.23. The number of likely N-dealkylation sites (tertiary alicyclic amines) is 1. The summed E-state index contributed by atoms with van der Waals surface area (Å²) in [7, 11) is 0. The Morgan fingerprint density at radius 2 is 2.19 bits per heavy atom. The third kappa shape index (κ3) is 4.88. The van der Waals surface area contributed by atoms with Crippen molar-refractivity contribution in [2.75, 3.05) is 31.1 Å². The van der Waals surface area contributed by atoms with Crippen LogP contribution < -0.4 is 9.64 Å². The van der Waals surface area contributed by atoms with E-state index in [0.717, 1.165) is 30.8 Å². The first-order valence-electron chi connectivity index (χ1n) is 9.40. The lowest BCUT2D eigenvalue weighted by Crippen LogP contribution is -2.40. The third-order valence-corrected chi connectivity index (χ3v) is 5.75. The molecule has 2 aromatic rings. The largest absolute Gasteiger partial charge is 0.494 e. The molecule has 0 saturated carbocycles. The van der Waals surface area contributed by atoms with Crippen LogP contribution in [0.5, 0.6) is 5.75 Å². The molecule has 27 heavy (non-hydrogen) atoms. The third-order valence-electron chi connectivity index (χ3n) is 4.78. The van der Waals surface area contributed by atoms with Crippen molar-refractivity contribution in [2.24, 2.45) is 0 Å². The first-order chi connectivity index (χ1) is 13.2. The Bertz CT molecular complexity index is 768. The van der Waals surface area contributed by atoms with Gasteiger partial charge in [0, 0.05) is 23.2 Å². The summed E-state index contributed by atoms with van der Waals surface area (Å²) < 4.78 is 5.48. The second-order valence-corrected chi connectivity index (χ2v) is 7.50. The molecule has 1 aromatic heterocycles. The van der Waals surface area contributed by atoms with E-state index in [-0.39, 0.29) is 5.91 Å². The second-order valence-electron chi connectivity index (χ2n) is 6.52. The number of benzene rings is 1. The quantitative estimate of drug-likeness (QED) is 0.684. The summed E-state index contributed by atoms with van der Waals surface area (Å²) in [6.07, 6.45) is 2.51. The zero-order valence-electron chi connectivity index (χ0n) is 15.6. The first-order valence-corrected chi connectivity index (χ1v) is 10.3. The summed E-state index contributed by atoms with van der Waals surface area (Å²) in [5.74, 6) is 0.823. The Kier molecular flexibility index (Phi) is 6.86. The number of ether oxygens (including phenoxy) is 1. The van der Waals surface area contributed by atoms with Gasteiger partial charge in [-0.25, -0.2) is 0 Å². The highest BCUT2D eigenvalue weighted by Gasteiger charge is 2.29. The molecule has 5 nitrogen and oxygen atoms in total. The van der Waals surface area contributed by atoms with E-state index in [9.17, 15) is 4.79 Å². The fourth-order valence-electron chi connectivity index (χ4n) is 3.53. The standard InChI is InChI=1S/C21H25N3O2S/c1-2-26-18-10-8-17(9-11-18)24(14-5-12-22)21(25)16-23-13-3-6-19(23)20-7-4-15-27-20/h4,7-11,15,19H,2-3,5-6,13-14,16H2,1H3. The molecule has 1 amide bonds. The van der Waals surface area contributed by atoms with Gasteiger partial charge < -0.3 is 9.64 Å². The molecular weight excluding hydrogens is 358 g/mol. The molecular formula is C21H25N3O2S. The van der Waals surface area contributed by atoms with Gasteiger partial charge >= 0.3 is 0 Å². The average Bonchev–Trinajstić information content (AvgIpc) is 3.35. The molecule has 1 unspecified atom stereocenters. The summed E-state index contributed by atoms with van der Waals surface area (Å²) >= 11 is 1.75. The molecule has 0 bridgehead atoms. The number of carbonyl (C=O) groups excluding carboxylic acids is 1. The predicted molar refractivity (Wildman–Crippen MR) is 108 cm³/mol. The lowest BCUT2D eigenvalue weighted by molar-refractivity contribution is -0.120. The molecule has 1 aromatic carbocycles. The minimum atomic E-state index is 0.0397. The van der Waals surface area contributed by atoms with E-state index in [1.54, 1.807) is 16.2 Å². The Morgan fingerprint density at radius 3 is 2.85 bits per heavy atom. The molecule has 6 heteroatoms. The van der Waals surface area contributed by atoms with Gasteiger partial charge in [0.05, 0.1) is 25.6 Å². The number of nitrogens with zero attached hydrogens (tertiary/aromatic N) is 3. The van der Waals surface area contributed by atoms with Crippen molar-refractivity contribution in [1.82, 2.24) is 4.90 Å². The van der Waals surface area contributed by atoms with E-state index in [4.69, 9.17) is 10.00 Å². The summed E-state index contributed by atoms with van der Waals surface area (Å²) in [5.41, 5.74) is 0.811. The molecule has 0 radical (unpaired) electrons. The zero-order valence-corrected chi connectivity index (χ0v) is 16.5. The van der Waals surface area contributed by atoms with Gasteiger partial charge in [-0.15, -0.1) is 11.3 Å². The average molecular weight is 384 g/mol. The van der Waals surface area contributed by atoms with E-state index < -0.39 is 0 Å². The van der Waals surface area contributed by atoms with E-state index >= 15 is 0 Å². The maximum absolute atomic E-state index is 13.1. The number of hydrogen-bond acceptors (Lipinski definition) is 5. The first kappa shape index (κ1) is 19.4. The maximum atomic E-state index is 13.1. The number of rotatable bonds is 8. The molecule has 142 valence electrons.